The van der Waals surface area contributed by atoms with E-state index < -0.39 is 38.0 Å². The number of aliphatic hydroxyl groups is 2. The zero-order valence-electron chi connectivity index (χ0n) is 18.0. The van der Waals surface area contributed by atoms with Gasteiger partial charge >= 0.3 is 7.82 Å². The highest BCUT2D eigenvalue weighted by molar-refractivity contribution is 9.10. The first kappa shape index (κ1) is 23.8. The van der Waals surface area contributed by atoms with E-state index in [1.165, 1.54) is 24.1 Å². The van der Waals surface area contributed by atoms with Gasteiger partial charge < -0.3 is 20.7 Å². The van der Waals surface area contributed by atoms with Crippen molar-refractivity contribution < 1.29 is 33.1 Å². The van der Waals surface area contributed by atoms with Gasteiger partial charge in [0.1, 0.15) is 29.7 Å². The van der Waals surface area contributed by atoms with Gasteiger partial charge in [-0.2, -0.15) is 0 Å². The zero-order chi connectivity index (χ0) is 24.1. The predicted octanol–water partition coefficient (Wildman–Crippen LogP) is 2.48. The van der Waals surface area contributed by atoms with Crippen LogP contribution in [0.3, 0.4) is 0 Å². The molecular weight excluding hydrogens is 533 g/mol. The van der Waals surface area contributed by atoms with E-state index in [1.54, 1.807) is 0 Å². The van der Waals surface area contributed by atoms with Crippen LogP contribution in [0.15, 0.2) is 41.4 Å². The Morgan fingerprint density at radius 1 is 1.38 bits per heavy atom. The number of halogens is 1. The van der Waals surface area contributed by atoms with E-state index >= 15 is 0 Å². The third-order valence-corrected chi connectivity index (χ3v) is 7.87. The third kappa shape index (κ3) is 4.27. The summed E-state index contributed by atoms with van der Waals surface area (Å²) in [6, 6.07) is 7.47. The van der Waals surface area contributed by atoms with Crippen molar-refractivity contribution in [1.82, 2.24) is 19.5 Å². The number of phosphoric ester groups is 1. The topological polar surface area (TPSA) is 164 Å². The maximum Gasteiger partial charge on any atom is 0.475 e. The number of nitrogens with zero attached hydrogens (tertiary/aromatic N) is 4. The van der Waals surface area contributed by atoms with Crippen LogP contribution in [0.4, 0.5) is 5.82 Å². The minimum absolute atomic E-state index is 0.172. The van der Waals surface area contributed by atoms with E-state index in [1.807, 2.05) is 24.3 Å². The van der Waals surface area contributed by atoms with Crippen LogP contribution in [0.25, 0.3) is 11.2 Å². The molecule has 4 heterocycles. The molecule has 2 saturated heterocycles. The second-order valence-electron chi connectivity index (χ2n) is 8.29. The predicted molar refractivity (Wildman–Crippen MR) is 122 cm³/mol. The van der Waals surface area contributed by atoms with Crippen molar-refractivity contribution in [1.29, 1.82) is 0 Å². The molecule has 0 saturated carbocycles. The quantitative estimate of drug-likeness (QED) is 0.396. The van der Waals surface area contributed by atoms with Gasteiger partial charge in [0.2, 0.25) is 0 Å². The fraction of sp³-hybridized carbons (Fsp3) is 0.450. The highest BCUT2D eigenvalue weighted by Gasteiger charge is 2.54. The number of ether oxygens (including phenoxy) is 1. The molecule has 5 rings (SSSR count). The first-order valence-corrected chi connectivity index (χ1v) is 12.8. The number of anilines is 1. The molecule has 1 unspecified atom stereocenters. The molecule has 0 spiro atoms. The van der Waals surface area contributed by atoms with Gasteiger partial charge in [-0.3, -0.25) is 18.1 Å². The van der Waals surface area contributed by atoms with E-state index in [2.05, 4.69) is 30.9 Å². The van der Waals surface area contributed by atoms with Gasteiger partial charge in [0.15, 0.2) is 17.7 Å². The largest absolute Gasteiger partial charge is 0.475 e. The Bertz CT molecular complexity index is 1260. The van der Waals surface area contributed by atoms with Crippen LogP contribution >= 0.6 is 23.8 Å². The lowest BCUT2D eigenvalue weighted by Crippen LogP contribution is -2.44. The number of aliphatic hydroxyl groups excluding tert-OH is 1. The van der Waals surface area contributed by atoms with Crippen molar-refractivity contribution >= 4 is 40.7 Å². The zero-order valence-corrected chi connectivity index (χ0v) is 20.5. The Labute approximate surface area is 202 Å². The molecular formula is C20H23BrN5O7P. The molecule has 0 radical (unpaired) electrons. The molecule has 2 aliphatic heterocycles. The maximum absolute atomic E-state index is 13.1. The molecule has 0 bridgehead atoms. The number of aromatic nitrogens is 4. The van der Waals surface area contributed by atoms with E-state index in [-0.39, 0.29) is 19.0 Å². The first-order chi connectivity index (χ1) is 16.2. The summed E-state index contributed by atoms with van der Waals surface area (Å²) in [4.78, 5) is 12.2. The molecule has 6 atom stereocenters. The third-order valence-electron chi connectivity index (χ3n) is 5.90. The van der Waals surface area contributed by atoms with E-state index in [0.717, 1.165) is 10.0 Å². The minimum atomic E-state index is -3.94. The lowest BCUT2D eigenvalue weighted by molar-refractivity contribution is -0.0953. The van der Waals surface area contributed by atoms with Crippen LogP contribution in [0.1, 0.15) is 31.2 Å². The first-order valence-electron chi connectivity index (χ1n) is 10.5. The van der Waals surface area contributed by atoms with Crippen LogP contribution in [-0.2, 0) is 22.9 Å². The van der Waals surface area contributed by atoms with Gasteiger partial charge in [-0.25, -0.2) is 19.5 Å². The monoisotopic (exact) mass is 555 g/mol. The summed E-state index contributed by atoms with van der Waals surface area (Å²) >= 11 is 3.41. The van der Waals surface area contributed by atoms with Crippen LogP contribution in [-0.4, -0.2) is 60.8 Å². The second kappa shape index (κ2) is 8.92. The average molecular weight is 556 g/mol. The molecule has 0 amide bonds. The summed E-state index contributed by atoms with van der Waals surface area (Å²) in [6.45, 7) is 1.24. The molecule has 12 nitrogen and oxygen atoms in total. The van der Waals surface area contributed by atoms with Crippen molar-refractivity contribution in [3.8, 4) is 0 Å². The number of hydrogen-bond donors (Lipinski definition) is 3. The van der Waals surface area contributed by atoms with Gasteiger partial charge in [-0.15, -0.1) is 0 Å². The summed E-state index contributed by atoms with van der Waals surface area (Å²) < 4.78 is 37.8. The van der Waals surface area contributed by atoms with E-state index in [9.17, 15) is 14.8 Å². The van der Waals surface area contributed by atoms with Crippen LogP contribution in [0.2, 0.25) is 0 Å². The van der Waals surface area contributed by atoms with Crippen LogP contribution in [0, 0.1) is 0 Å². The fourth-order valence-electron chi connectivity index (χ4n) is 4.10. The fourth-order valence-corrected chi connectivity index (χ4v) is 5.91. The molecule has 1 aromatic carbocycles. The van der Waals surface area contributed by atoms with Gasteiger partial charge in [0.05, 0.1) is 25.6 Å². The van der Waals surface area contributed by atoms with Gasteiger partial charge in [-0.05, 0) is 24.6 Å². The summed E-state index contributed by atoms with van der Waals surface area (Å²) in [5, 5.41) is 21.8. The Hall–Kier alpha value is -1.96. The highest BCUT2D eigenvalue weighted by atomic mass is 79.9. The van der Waals surface area contributed by atoms with Crippen molar-refractivity contribution in [3.63, 3.8) is 0 Å². The summed E-state index contributed by atoms with van der Waals surface area (Å²) in [7, 11) is -3.94. The molecule has 34 heavy (non-hydrogen) atoms. The summed E-state index contributed by atoms with van der Waals surface area (Å²) in [6.07, 6.45) is -0.817. The summed E-state index contributed by atoms with van der Waals surface area (Å²) in [5.41, 5.74) is 5.58. The Morgan fingerprint density at radius 2 is 2.21 bits per heavy atom. The molecule has 2 aliphatic rings. The number of fused-ring (bicyclic) bond motifs is 1. The number of hydrogen-bond acceptors (Lipinski definition) is 11. The molecule has 182 valence electrons. The van der Waals surface area contributed by atoms with Crippen molar-refractivity contribution in [2.24, 2.45) is 0 Å². The van der Waals surface area contributed by atoms with Crippen LogP contribution in [0.5, 0.6) is 0 Å². The van der Waals surface area contributed by atoms with Gasteiger partial charge in [0, 0.05) is 10.9 Å². The van der Waals surface area contributed by atoms with Crippen molar-refractivity contribution in [2.75, 3.05) is 18.9 Å². The Kier molecular flexibility index (Phi) is 6.23. The van der Waals surface area contributed by atoms with Crippen molar-refractivity contribution in [2.45, 2.75) is 43.5 Å². The number of benzene rings is 1. The lowest BCUT2D eigenvalue weighted by Gasteiger charge is -2.30. The molecule has 0 aliphatic carbocycles. The Balaban J connectivity index is 1.31. The van der Waals surface area contributed by atoms with Gasteiger partial charge in [0.25, 0.3) is 0 Å². The Morgan fingerprint density at radius 3 is 3.00 bits per heavy atom. The standard InChI is InChI=1S/C20H23BrN5O7P/c1-20(28)16(27)14(32-19(20)26-10-25-15-17(22)23-9-24-18(15)26)8-31-34(29)30-6-5-13(33-34)11-3-2-4-12(21)7-11/h2-4,7,9-10,13-14,16,19,27-28H,5-6,8H2,1H3,(H2,22,23,24)/t13-,14+,16+,19+,20+,34?/m0/s1. The maximum atomic E-state index is 13.1. The number of imidazole rings is 1. The van der Waals surface area contributed by atoms with Crippen molar-refractivity contribution in [3.05, 3.63) is 47.0 Å². The number of phosphoric acid groups is 1. The van der Waals surface area contributed by atoms with E-state index in [4.69, 9.17) is 24.0 Å². The minimum Gasteiger partial charge on any atom is -0.387 e. The molecule has 2 aromatic heterocycles. The number of nitrogen functional groups attached to an aromatic ring is 1. The molecule has 14 heteroatoms. The lowest BCUT2D eigenvalue weighted by atomic mass is 9.96. The second-order valence-corrected chi connectivity index (χ2v) is 10.8. The van der Waals surface area contributed by atoms with Crippen LogP contribution < -0.4 is 5.73 Å². The molecule has 3 aromatic rings. The SMILES string of the molecule is C[C@@]1(O)[C@H](O)[C@@H](COP2(=O)OCC[C@@H](c3cccc(Br)c3)O2)O[C@H]1n1cnc2c(N)ncnc21. The smallest absolute Gasteiger partial charge is 0.387 e. The van der Waals surface area contributed by atoms with Gasteiger partial charge in [-0.1, -0.05) is 28.1 Å². The molecule has 2 fully saturated rings. The molecule has 4 N–H and O–H groups in total. The number of rotatable bonds is 5. The normalized spacial score (nSPS) is 34.0. The number of nitrogens with two attached hydrogens (primary N) is 1. The summed E-state index contributed by atoms with van der Waals surface area (Å²) in [5.74, 6) is 0.173. The highest BCUT2D eigenvalue weighted by Crippen LogP contribution is 2.57. The van der Waals surface area contributed by atoms with E-state index in [0.29, 0.717) is 17.6 Å². The average Bonchev–Trinajstić information content (AvgIpc) is 3.32.